The average Bonchev–Trinajstić information content (AvgIpc) is 3.47. The standard InChI is InChI=1S/C44H30N2/c1-2-14-31(15-3-1)34-19-12-20-35(30-34)45(40-27-13-18-32-16-4-6-21-36(32)40)44-37-22-7-5-17-33(37)28-29-43(44)46-41-25-10-8-23-38(41)39-24-9-11-26-42(39)46/h1-30H. The summed E-state index contributed by atoms with van der Waals surface area (Å²) >= 11 is 0. The molecule has 0 N–H and O–H groups in total. The zero-order chi connectivity index (χ0) is 30.5. The maximum absolute atomic E-state index is 2.48. The maximum Gasteiger partial charge on any atom is 0.0781 e. The van der Waals surface area contributed by atoms with E-state index in [9.17, 15) is 0 Å². The minimum Gasteiger partial charge on any atom is -0.307 e. The van der Waals surface area contributed by atoms with Gasteiger partial charge < -0.3 is 9.47 Å². The fraction of sp³-hybridized carbons (Fsp3) is 0. The molecule has 2 nitrogen and oxygen atoms in total. The predicted molar refractivity (Wildman–Crippen MR) is 196 cm³/mol. The lowest BCUT2D eigenvalue weighted by molar-refractivity contribution is 1.16. The second kappa shape index (κ2) is 10.8. The predicted octanol–water partition coefficient (Wildman–Crippen LogP) is 12.2. The maximum atomic E-state index is 2.48. The minimum absolute atomic E-state index is 1.11. The monoisotopic (exact) mass is 586 g/mol. The van der Waals surface area contributed by atoms with Gasteiger partial charge in [-0.05, 0) is 58.3 Å². The van der Waals surface area contributed by atoms with Gasteiger partial charge in [-0.2, -0.15) is 0 Å². The van der Waals surface area contributed by atoms with Crippen molar-refractivity contribution >= 4 is 60.4 Å². The van der Waals surface area contributed by atoms with Crippen LogP contribution in [0.1, 0.15) is 0 Å². The van der Waals surface area contributed by atoms with Gasteiger partial charge in [0.15, 0.2) is 0 Å². The largest absolute Gasteiger partial charge is 0.307 e. The third-order valence-corrected chi connectivity index (χ3v) is 9.14. The van der Waals surface area contributed by atoms with Crippen LogP contribution in [0.4, 0.5) is 17.1 Å². The van der Waals surface area contributed by atoms with Gasteiger partial charge in [-0.25, -0.2) is 0 Å². The summed E-state index contributed by atoms with van der Waals surface area (Å²) in [6.45, 7) is 0. The number of aromatic nitrogens is 1. The van der Waals surface area contributed by atoms with Gasteiger partial charge in [0.2, 0.25) is 0 Å². The van der Waals surface area contributed by atoms with Crippen molar-refractivity contribution in [1.29, 1.82) is 0 Å². The Labute approximate surface area is 268 Å². The topological polar surface area (TPSA) is 8.17 Å². The van der Waals surface area contributed by atoms with Gasteiger partial charge in [-0.15, -0.1) is 0 Å². The van der Waals surface area contributed by atoms with Gasteiger partial charge in [0.05, 0.1) is 28.1 Å². The Morgan fingerprint density at radius 1 is 0.370 bits per heavy atom. The number of fused-ring (bicyclic) bond motifs is 5. The summed E-state index contributed by atoms with van der Waals surface area (Å²) in [4.78, 5) is 2.48. The molecule has 0 atom stereocenters. The van der Waals surface area contributed by atoms with Gasteiger partial charge in [0, 0.05) is 27.2 Å². The van der Waals surface area contributed by atoms with Crippen molar-refractivity contribution in [2.45, 2.75) is 0 Å². The lowest BCUT2D eigenvalue weighted by atomic mass is 10.0. The molecule has 0 fully saturated rings. The Morgan fingerprint density at radius 3 is 1.65 bits per heavy atom. The molecule has 0 amide bonds. The van der Waals surface area contributed by atoms with E-state index in [0.29, 0.717) is 0 Å². The van der Waals surface area contributed by atoms with Gasteiger partial charge >= 0.3 is 0 Å². The van der Waals surface area contributed by atoms with Crippen LogP contribution in [0, 0.1) is 0 Å². The molecule has 9 rings (SSSR count). The van der Waals surface area contributed by atoms with Crippen LogP contribution in [-0.2, 0) is 0 Å². The fourth-order valence-corrected chi connectivity index (χ4v) is 7.09. The molecule has 1 heterocycles. The lowest BCUT2D eigenvalue weighted by Crippen LogP contribution is -2.14. The van der Waals surface area contributed by atoms with Gasteiger partial charge in [0.25, 0.3) is 0 Å². The van der Waals surface area contributed by atoms with Crippen molar-refractivity contribution in [3.05, 3.63) is 182 Å². The quantitative estimate of drug-likeness (QED) is 0.195. The van der Waals surface area contributed by atoms with E-state index in [1.807, 2.05) is 0 Å². The fourth-order valence-electron chi connectivity index (χ4n) is 7.09. The Bertz CT molecular complexity index is 2480. The van der Waals surface area contributed by atoms with Crippen LogP contribution in [0.3, 0.4) is 0 Å². The molecule has 0 aliphatic carbocycles. The molecule has 0 radical (unpaired) electrons. The molecule has 216 valence electrons. The number of rotatable bonds is 5. The molecular formula is C44H30N2. The van der Waals surface area contributed by atoms with E-state index < -0.39 is 0 Å². The molecule has 46 heavy (non-hydrogen) atoms. The first kappa shape index (κ1) is 26.3. The van der Waals surface area contributed by atoms with Crippen molar-refractivity contribution in [3.63, 3.8) is 0 Å². The Hall–Kier alpha value is -6.12. The van der Waals surface area contributed by atoms with E-state index in [1.54, 1.807) is 0 Å². The number of nitrogens with zero attached hydrogens (tertiary/aromatic N) is 2. The molecule has 2 heteroatoms. The minimum atomic E-state index is 1.11. The molecule has 1 aromatic heterocycles. The summed E-state index contributed by atoms with van der Waals surface area (Å²) in [6.07, 6.45) is 0. The van der Waals surface area contributed by atoms with E-state index in [-0.39, 0.29) is 0 Å². The molecule has 0 spiro atoms. The zero-order valence-electron chi connectivity index (χ0n) is 25.2. The molecule has 0 aliphatic heterocycles. The van der Waals surface area contributed by atoms with Crippen molar-refractivity contribution in [1.82, 2.24) is 4.57 Å². The van der Waals surface area contributed by atoms with Crippen LogP contribution in [0.2, 0.25) is 0 Å². The first-order valence-electron chi connectivity index (χ1n) is 15.8. The molecule has 0 saturated carbocycles. The molecule has 0 saturated heterocycles. The second-order valence-electron chi connectivity index (χ2n) is 11.8. The van der Waals surface area contributed by atoms with Crippen molar-refractivity contribution < 1.29 is 0 Å². The highest BCUT2D eigenvalue weighted by Gasteiger charge is 2.24. The number of benzene rings is 8. The second-order valence-corrected chi connectivity index (χ2v) is 11.8. The van der Waals surface area contributed by atoms with Crippen LogP contribution in [0.15, 0.2) is 182 Å². The third kappa shape index (κ3) is 4.19. The normalized spacial score (nSPS) is 11.5. The van der Waals surface area contributed by atoms with Crippen LogP contribution in [0.5, 0.6) is 0 Å². The summed E-state index contributed by atoms with van der Waals surface area (Å²) in [5.74, 6) is 0. The van der Waals surface area contributed by atoms with Crippen molar-refractivity contribution in [2.24, 2.45) is 0 Å². The van der Waals surface area contributed by atoms with E-state index in [0.717, 1.165) is 22.7 Å². The smallest absolute Gasteiger partial charge is 0.0781 e. The highest BCUT2D eigenvalue weighted by Crippen LogP contribution is 2.47. The Balaban J connectivity index is 1.44. The van der Waals surface area contributed by atoms with E-state index in [1.165, 1.54) is 54.5 Å². The summed E-state index contributed by atoms with van der Waals surface area (Å²) < 4.78 is 2.45. The number of para-hydroxylation sites is 2. The van der Waals surface area contributed by atoms with E-state index in [2.05, 4.69) is 191 Å². The average molecular weight is 587 g/mol. The van der Waals surface area contributed by atoms with Crippen LogP contribution < -0.4 is 4.90 Å². The summed E-state index contributed by atoms with van der Waals surface area (Å²) in [5.41, 5.74) is 9.29. The summed E-state index contributed by atoms with van der Waals surface area (Å²) in [7, 11) is 0. The highest BCUT2D eigenvalue weighted by molar-refractivity contribution is 6.13. The van der Waals surface area contributed by atoms with Gasteiger partial charge in [-0.1, -0.05) is 146 Å². The number of hydrogen-bond donors (Lipinski definition) is 0. The SMILES string of the molecule is c1ccc(-c2cccc(N(c3cccc4ccccc34)c3c(-n4c5ccccc5c5ccccc54)ccc4ccccc34)c2)cc1. The first-order valence-corrected chi connectivity index (χ1v) is 15.8. The van der Waals surface area contributed by atoms with Crippen molar-refractivity contribution in [3.8, 4) is 16.8 Å². The van der Waals surface area contributed by atoms with E-state index in [4.69, 9.17) is 0 Å². The first-order chi connectivity index (χ1) is 22.8. The summed E-state index contributed by atoms with van der Waals surface area (Å²) in [6, 6.07) is 65.8. The Kier molecular flexibility index (Phi) is 6.17. The highest BCUT2D eigenvalue weighted by atomic mass is 15.2. The molecule has 9 aromatic rings. The molecule has 0 unspecified atom stereocenters. The molecular weight excluding hydrogens is 556 g/mol. The van der Waals surface area contributed by atoms with Crippen LogP contribution in [-0.4, -0.2) is 4.57 Å². The number of anilines is 3. The zero-order valence-corrected chi connectivity index (χ0v) is 25.2. The third-order valence-electron chi connectivity index (χ3n) is 9.14. The summed E-state index contributed by atoms with van der Waals surface area (Å²) in [5, 5.41) is 7.31. The van der Waals surface area contributed by atoms with Gasteiger partial charge in [0.1, 0.15) is 0 Å². The number of hydrogen-bond acceptors (Lipinski definition) is 1. The van der Waals surface area contributed by atoms with Crippen LogP contribution in [0.25, 0.3) is 60.2 Å². The molecule has 0 aliphatic rings. The molecule has 0 bridgehead atoms. The lowest BCUT2D eigenvalue weighted by Gasteiger charge is -2.31. The van der Waals surface area contributed by atoms with Crippen LogP contribution >= 0.6 is 0 Å². The van der Waals surface area contributed by atoms with E-state index >= 15 is 0 Å². The van der Waals surface area contributed by atoms with Crippen molar-refractivity contribution in [2.75, 3.05) is 4.90 Å². The Morgan fingerprint density at radius 2 is 0.913 bits per heavy atom. The molecule has 8 aromatic carbocycles. The van der Waals surface area contributed by atoms with Gasteiger partial charge in [-0.3, -0.25) is 0 Å².